The molecule has 4 N–H and O–H groups in total. The molecule has 19 heavy (non-hydrogen) atoms. The molecular formula is C15H23N3O. The largest absolute Gasteiger partial charge is 0.382 e. The van der Waals surface area contributed by atoms with Crippen molar-refractivity contribution in [1.82, 2.24) is 5.32 Å². The molecule has 0 aliphatic heterocycles. The fourth-order valence-corrected chi connectivity index (χ4v) is 2.48. The summed E-state index contributed by atoms with van der Waals surface area (Å²) in [5.41, 5.74) is 7.60. The van der Waals surface area contributed by atoms with Crippen LogP contribution < -0.4 is 16.4 Å². The van der Waals surface area contributed by atoms with E-state index in [1.807, 2.05) is 38.1 Å². The summed E-state index contributed by atoms with van der Waals surface area (Å²) in [7, 11) is 0. The molecule has 1 aliphatic rings. The van der Waals surface area contributed by atoms with Crippen molar-refractivity contribution >= 4 is 11.6 Å². The van der Waals surface area contributed by atoms with E-state index < -0.39 is 0 Å². The highest BCUT2D eigenvalue weighted by Gasteiger charge is 2.21. The standard InChI is InChI=1S/C15H23N3O/c1-10(2)17-15(19)11-4-3-5-13(8-11)18-14-7-6-12(16)9-14/h3-5,8,10,12,14,18H,6-7,9,16H2,1-2H3,(H,17,19). The second kappa shape index (κ2) is 6.06. The predicted octanol–water partition coefficient (Wildman–Crippen LogP) is 2.12. The van der Waals surface area contributed by atoms with E-state index in [0.717, 1.165) is 24.9 Å². The Morgan fingerprint density at radius 1 is 1.37 bits per heavy atom. The summed E-state index contributed by atoms with van der Waals surface area (Å²) in [4.78, 5) is 11.9. The van der Waals surface area contributed by atoms with E-state index in [0.29, 0.717) is 17.6 Å². The van der Waals surface area contributed by atoms with Gasteiger partial charge in [0, 0.05) is 29.4 Å². The van der Waals surface area contributed by atoms with E-state index in [1.165, 1.54) is 0 Å². The van der Waals surface area contributed by atoms with E-state index in [-0.39, 0.29) is 11.9 Å². The van der Waals surface area contributed by atoms with Crippen LogP contribution in [0.2, 0.25) is 0 Å². The smallest absolute Gasteiger partial charge is 0.251 e. The summed E-state index contributed by atoms with van der Waals surface area (Å²) in [6.45, 7) is 3.92. The highest BCUT2D eigenvalue weighted by Crippen LogP contribution is 2.22. The van der Waals surface area contributed by atoms with Crippen LogP contribution in [-0.4, -0.2) is 24.0 Å². The second-order valence-corrected chi connectivity index (χ2v) is 5.62. The molecule has 0 radical (unpaired) electrons. The molecule has 2 rings (SSSR count). The van der Waals surface area contributed by atoms with Crippen molar-refractivity contribution in [3.63, 3.8) is 0 Å². The molecule has 4 nitrogen and oxygen atoms in total. The summed E-state index contributed by atoms with van der Waals surface area (Å²) >= 11 is 0. The number of nitrogens with one attached hydrogen (secondary N) is 2. The second-order valence-electron chi connectivity index (χ2n) is 5.62. The summed E-state index contributed by atoms with van der Waals surface area (Å²) in [6.07, 6.45) is 3.18. The molecule has 0 bridgehead atoms. The van der Waals surface area contributed by atoms with E-state index >= 15 is 0 Å². The third-order valence-electron chi connectivity index (χ3n) is 3.39. The minimum atomic E-state index is -0.0261. The van der Waals surface area contributed by atoms with Gasteiger partial charge in [-0.05, 0) is 51.3 Å². The molecule has 1 aromatic rings. The predicted molar refractivity (Wildman–Crippen MR) is 78.3 cm³/mol. The summed E-state index contributed by atoms with van der Waals surface area (Å²) < 4.78 is 0. The van der Waals surface area contributed by atoms with Crippen LogP contribution in [0.1, 0.15) is 43.5 Å². The van der Waals surface area contributed by atoms with Crippen LogP contribution in [0.5, 0.6) is 0 Å². The maximum atomic E-state index is 11.9. The molecule has 2 atom stereocenters. The van der Waals surface area contributed by atoms with Gasteiger partial charge in [-0.3, -0.25) is 4.79 Å². The average Bonchev–Trinajstić information content (AvgIpc) is 2.74. The quantitative estimate of drug-likeness (QED) is 0.777. The van der Waals surface area contributed by atoms with Crippen LogP contribution in [0.15, 0.2) is 24.3 Å². The lowest BCUT2D eigenvalue weighted by Crippen LogP contribution is -2.30. The van der Waals surface area contributed by atoms with Gasteiger partial charge < -0.3 is 16.4 Å². The zero-order valence-corrected chi connectivity index (χ0v) is 11.6. The summed E-state index contributed by atoms with van der Waals surface area (Å²) in [5.74, 6) is -0.0261. The Balaban J connectivity index is 2.00. The number of nitrogens with two attached hydrogens (primary N) is 1. The van der Waals surface area contributed by atoms with Gasteiger partial charge in [-0.15, -0.1) is 0 Å². The zero-order chi connectivity index (χ0) is 13.8. The van der Waals surface area contributed by atoms with Gasteiger partial charge in [-0.25, -0.2) is 0 Å². The minimum Gasteiger partial charge on any atom is -0.382 e. The van der Waals surface area contributed by atoms with Crippen LogP contribution >= 0.6 is 0 Å². The van der Waals surface area contributed by atoms with E-state index in [2.05, 4.69) is 10.6 Å². The maximum absolute atomic E-state index is 11.9. The molecule has 0 spiro atoms. The Morgan fingerprint density at radius 2 is 2.16 bits per heavy atom. The molecular weight excluding hydrogens is 238 g/mol. The lowest BCUT2D eigenvalue weighted by Gasteiger charge is -2.15. The van der Waals surface area contributed by atoms with Crippen LogP contribution in [-0.2, 0) is 0 Å². The Kier molecular flexibility index (Phi) is 4.43. The van der Waals surface area contributed by atoms with Crippen molar-refractivity contribution in [3.8, 4) is 0 Å². The fraction of sp³-hybridized carbons (Fsp3) is 0.533. The molecule has 104 valence electrons. The molecule has 2 unspecified atom stereocenters. The van der Waals surface area contributed by atoms with Gasteiger partial charge in [0.1, 0.15) is 0 Å². The Hall–Kier alpha value is -1.55. The number of anilines is 1. The number of hydrogen-bond donors (Lipinski definition) is 3. The van der Waals surface area contributed by atoms with Gasteiger partial charge in [-0.2, -0.15) is 0 Å². The Bertz CT molecular complexity index is 445. The van der Waals surface area contributed by atoms with E-state index in [1.54, 1.807) is 0 Å². The fourth-order valence-electron chi connectivity index (χ4n) is 2.48. The molecule has 1 saturated carbocycles. The normalized spacial score (nSPS) is 22.5. The van der Waals surface area contributed by atoms with Gasteiger partial charge in [0.05, 0.1) is 0 Å². The highest BCUT2D eigenvalue weighted by molar-refractivity contribution is 5.95. The van der Waals surface area contributed by atoms with Crippen LogP contribution in [0.25, 0.3) is 0 Å². The molecule has 4 heteroatoms. The average molecular weight is 261 g/mol. The van der Waals surface area contributed by atoms with Gasteiger partial charge >= 0.3 is 0 Å². The number of carbonyl (C=O) groups excluding carboxylic acids is 1. The Morgan fingerprint density at radius 3 is 2.79 bits per heavy atom. The SMILES string of the molecule is CC(C)NC(=O)c1cccc(NC2CCC(N)C2)c1. The number of benzene rings is 1. The number of rotatable bonds is 4. The van der Waals surface area contributed by atoms with Gasteiger partial charge in [0.15, 0.2) is 0 Å². The molecule has 1 fully saturated rings. The highest BCUT2D eigenvalue weighted by atomic mass is 16.1. The van der Waals surface area contributed by atoms with Crippen LogP contribution in [0.3, 0.4) is 0 Å². The van der Waals surface area contributed by atoms with Crippen molar-refractivity contribution < 1.29 is 4.79 Å². The number of hydrogen-bond acceptors (Lipinski definition) is 3. The van der Waals surface area contributed by atoms with Crippen LogP contribution in [0.4, 0.5) is 5.69 Å². The van der Waals surface area contributed by atoms with Crippen molar-refractivity contribution in [2.45, 2.75) is 51.2 Å². The summed E-state index contributed by atoms with van der Waals surface area (Å²) in [6, 6.07) is 8.54. The van der Waals surface area contributed by atoms with Crippen molar-refractivity contribution in [1.29, 1.82) is 0 Å². The minimum absolute atomic E-state index is 0.0261. The first-order valence-electron chi connectivity index (χ1n) is 6.97. The first kappa shape index (κ1) is 13.9. The molecule has 0 aromatic heterocycles. The first-order valence-corrected chi connectivity index (χ1v) is 6.97. The molecule has 1 aromatic carbocycles. The zero-order valence-electron chi connectivity index (χ0n) is 11.6. The van der Waals surface area contributed by atoms with Gasteiger partial charge in [0.25, 0.3) is 5.91 Å². The maximum Gasteiger partial charge on any atom is 0.251 e. The number of amides is 1. The van der Waals surface area contributed by atoms with Gasteiger partial charge in [0.2, 0.25) is 0 Å². The topological polar surface area (TPSA) is 67.2 Å². The molecule has 0 saturated heterocycles. The third kappa shape index (κ3) is 3.96. The van der Waals surface area contributed by atoms with E-state index in [9.17, 15) is 4.79 Å². The lowest BCUT2D eigenvalue weighted by atomic mass is 10.1. The Labute approximate surface area is 114 Å². The third-order valence-corrected chi connectivity index (χ3v) is 3.39. The van der Waals surface area contributed by atoms with Gasteiger partial charge in [-0.1, -0.05) is 6.07 Å². The monoisotopic (exact) mass is 261 g/mol. The molecule has 0 heterocycles. The van der Waals surface area contributed by atoms with Crippen LogP contribution in [0, 0.1) is 0 Å². The molecule has 1 aliphatic carbocycles. The van der Waals surface area contributed by atoms with E-state index in [4.69, 9.17) is 5.73 Å². The number of carbonyl (C=O) groups is 1. The molecule has 1 amide bonds. The summed E-state index contributed by atoms with van der Waals surface area (Å²) in [5, 5.41) is 6.36. The first-order chi connectivity index (χ1) is 9.04. The van der Waals surface area contributed by atoms with Crippen molar-refractivity contribution in [2.75, 3.05) is 5.32 Å². The lowest BCUT2D eigenvalue weighted by molar-refractivity contribution is 0.0943. The van der Waals surface area contributed by atoms with Crippen molar-refractivity contribution in [3.05, 3.63) is 29.8 Å². The van der Waals surface area contributed by atoms with Crippen molar-refractivity contribution in [2.24, 2.45) is 5.73 Å².